The maximum absolute atomic E-state index is 14.2. The summed E-state index contributed by atoms with van der Waals surface area (Å²) in [5.41, 5.74) is 7.21. The SMILES string of the molecule is CCOc1cc(C(Nc2ccc3c(N)nccc3c2)C(=O)N[C@H](C(=O)OC(C)(C)C)c2ccccc2)ccc1OC(C)C. The highest BCUT2D eigenvalue weighted by Crippen LogP contribution is 2.34. The van der Waals surface area contributed by atoms with Crippen LogP contribution in [0.1, 0.15) is 64.8 Å². The number of ether oxygens (including phenoxy) is 3. The number of carbonyl (C=O) groups excluding carboxylic acids is 2. The lowest BCUT2D eigenvalue weighted by atomic mass is 10.0. The number of amides is 1. The minimum absolute atomic E-state index is 0.0674. The Kier molecular flexibility index (Phi) is 9.75. The van der Waals surface area contributed by atoms with Crippen LogP contribution in [0.15, 0.2) is 79.0 Å². The summed E-state index contributed by atoms with van der Waals surface area (Å²) in [6.07, 6.45) is 1.57. The Balaban J connectivity index is 1.75. The molecule has 9 nitrogen and oxygen atoms in total. The van der Waals surface area contributed by atoms with E-state index in [1.807, 2.05) is 69.3 Å². The molecule has 0 aliphatic heterocycles. The van der Waals surface area contributed by atoms with E-state index >= 15 is 0 Å². The first-order valence-corrected chi connectivity index (χ1v) is 14.4. The molecule has 1 heterocycles. The average molecular weight is 585 g/mol. The van der Waals surface area contributed by atoms with E-state index in [2.05, 4.69) is 15.6 Å². The Labute approximate surface area is 252 Å². The maximum atomic E-state index is 14.2. The van der Waals surface area contributed by atoms with Gasteiger partial charge in [0.25, 0.3) is 0 Å². The lowest BCUT2D eigenvalue weighted by molar-refractivity contribution is -0.159. The second-order valence-corrected chi connectivity index (χ2v) is 11.4. The van der Waals surface area contributed by atoms with Gasteiger partial charge in [-0.25, -0.2) is 9.78 Å². The molecule has 1 aromatic heterocycles. The standard InChI is InChI=1S/C34H40N4O5/c1-7-41-28-20-24(13-16-27(28)42-21(2)3)29(37-25-14-15-26-23(19-25)17-18-36-31(26)35)32(39)38-30(22-11-9-8-10-12-22)33(40)43-34(4,5)6/h8-21,29-30,37H,7H2,1-6H3,(H2,35,36)(H,38,39)/t29?,30-/m0/s1. The minimum Gasteiger partial charge on any atom is -0.490 e. The van der Waals surface area contributed by atoms with Gasteiger partial charge in [0.15, 0.2) is 17.5 Å². The maximum Gasteiger partial charge on any atom is 0.333 e. The van der Waals surface area contributed by atoms with Gasteiger partial charge in [-0.05, 0) is 94.5 Å². The van der Waals surface area contributed by atoms with Crippen LogP contribution >= 0.6 is 0 Å². The first kappa shape index (κ1) is 31.2. The van der Waals surface area contributed by atoms with Crippen LogP contribution in [0, 0.1) is 0 Å². The number of hydrogen-bond donors (Lipinski definition) is 3. The Hall–Kier alpha value is -4.79. The first-order valence-electron chi connectivity index (χ1n) is 14.4. The number of nitrogens with zero attached hydrogens (tertiary/aromatic N) is 1. The fourth-order valence-electron chi connectivity index (χ4n) is 4.59. The number of nitrogens with two attached hydrogens (primary N) is 1. The zero-order valence-corrected chi connectivity index (χ0v) is 25.5. The first-order chi connectivity index (χ1) is 20.4. The highest BCUT2D eigenvalue weighted by atomic mass is 16.6. The lowest BCUT2D eigenvalue weighted by Gasteiger charge is -2.27. The van der Waals surface area contributed by atoms with Gasteiger partial charge in [-0.15, -0.1) is 0 Å². The summed E-state index contributed by atoms with van der Waals surface area (Å²) in [6, 6.07) is 19.9. The number of anilines is 2. The number of esters is 1. The second kappa shape index (κ2) is 13.5. The number of nitrogen functional groups attached to an aromatic ring is 1. The molecule has 0 fully saturated rings. The highest BCUT2D eigenvalue weighted by Gasteiger charge is 2.32. The van der Waals surface area contributed by atoms with Crippen molar-refractivity contribution >= 4 is 34.2 Å². The van der Waals surface area contributed by atoms with Crippen LogP contribution < -0.4 is 25.8 Å². The van der Waals surface area contributed by atoms with Crippen LogP contribution in [-0.2, 0) is 14.3 Å². The predicted molar refractivity (Wildman–Crippen MR) is 169 cm³/mol. The van der Waals surface area contributed by atoms with E-state index in [0.717, 1.165) is 10.8 Å². The number of rotatable bonds is 11. The molecule has 1 unspecified atom stereocenters. The van der Waals surface area contributed by atoms with E-state index in [1.165, 1.54) is 0 Å². The largest absolute Gasteiger partial charge is 0.490 e. The smallest absolute Gasteiger partial charge is 0.333 e. The third kappa shape index (κ3) is 8.16. The average Bonchev–Trinajstić information content (AvgIpc) is 2.95. The van der Waals surface area contributed by atoms with Gasteiger partial charge in [-0.1, -0.05) is 36.4 Å². The number of pyridine rings is 1. The lowest BCUT2D eigenvalue weighted by Crippen LogP contribution is -2.41. The second-order valence-electron chi connectivity index (χ2n) is 11.4. The van der Waals surface area contributed by atoms with Crippen LogP contribution in [-0.4, -0.2) is 35.2 Å². The monoisotopic (exact) mass is 584 g/mol. The number of benzene rings is 3. The summed E-state index contributed by atoms with van der Waals surface area (Å²) < 4.78 is 17.5. The Morgan fingerprint density at radius 2 is 1.65 bits per heavy atom. The molecule has 4 N–H and O–H groups in total. The molecule has 4 aromatic rings. The van der Waals surface area contributed by atoms with Crippen molar-refractivity contribution in [3.8, 4) is 11.5 Å². The summed E-state index contributed by atoms with van der Waals surface area (Å²) in [4.78, 5) is 31.7. The normalized spacial score (nSPS) is 12.8. The van der Waals surface area contributed by atoms with Gasteiger partial charge in [0.05, 0.1) is 12.7 Å². The van der Waals surface area contributed by atoms with Gasteiger partial charge >= 0.3 is 5.97 Å². The zero-order valence-electron chi connectivity index (χ0n) is 25.5. The molecule has 43 heavy (non-hydrogen) atoms. The fraction of sp³-hybridized carbons (Fsp3) is 0.324. The molecule has 0 aliphatic rings. The van der Waals surface area contributed by atoms with Crippen LogP contribution in [0.25, 0.3) is 10.8 Å². The molecule has 2 atom stereocenters. The summed E-state index contributed by atoms with van der Waals surface area (Å²) in [5.74, 6) is 0.509. The van der Waals surface area contributed by atoms with Crippen LogP contribution in [0.3, 0.4) is 0 Å². The third-order valence-electron chi connectivity index (χ3n) is 6.39. The molecule has 0 radical (unpaired) electrons. The van der Waals surface area contributed by atoms with Gasteiger partial charge in [0.1, 0.15) is 17.5 Å². The number of fused-ring (bicyclic) bond motifs is 1. The molecule has 0 saturated carbocycles. The molecular weight excluding hydrogens is 544 g/mol. The number of hydrogen-bond acceptors (Lipinski definition) is 8. The van der Waals surface area contributed by atoms with Gasteiger partial charge in [0.2, 0.25) is 5.91 Å². The molecule has 0 saturated heterocycles. The predicted octanol–water partition coefficient (Wildman–Crippen LogP) is 6.36. The van der Waals surface area contributed by atoms with Gasteiger partial charge < -0.3 is 30.6 Å². The number of carbonyl (C=O) groups is 2. The molecule has 9 heteroatoms. The molecular formula is C34H40N4O5. The zero-order chi connectivity index (χ0) is 31.1. The Bertz CT molecular complexity index is 1570. The van der Waals surface area contributed by atoms with E-state index < -0.39 is 29.6 Å². The third-order valence-corrected chi connectivity index (χ3v) is 6.39. The molecule has 226 valence electrons. The fourth-order valence-corrected chi connectivity index (χ4v) is 4.59. The quantitative estimate of drug-likeness (QED) is 0.174. The molecule has 0 bridgehead atoms. The van der Waals surface area contributed by atoms with Crippen molar-refractivity contribution in [2.24, 2.45) is 0 Å². The van der Waals surface area contributed by atoms with Crippen molar-refractivity contribution in [3.63, 3.8) is 0 Å². The van der Waals surface area contributed by atoms with Crippen LogP contribution in [0.2, 0.25) is 0 Å². The van der Waals surface area contributed by atoms with Crippen molar-refractivity contribution in [1.82, 2.24) is 10.3 Å². The number of nitrogens with one attached hydrogen (secondary N) is 2. The van der Waals surface area contributed by atoms with Crippen molar-refractivity contribution in [3.05, 3.63) is 90.1 Å². The molecule has 4 rings (SSSR count). The molecule has 1 amide bonds. The van der Waals surface area contributed by atoms with Crippen molar-refractivity contribution < 1.29 is 23.8 Å². The topological polar surface area (TPSA) is 125 Å². The van der Waals surface area contributed by atoms with Crippen molar-refractivity contribution in [2.75, 3.05) is 17.7 Å². The molecule has 0 spiro atoms. The van der Waals surface area contributed by atoms with E-state index in [4.69, 9.17) is 19.9 Å². The van der Waals surface area contributed by atoms with E-state index in [1.54, 1.807) is 51.2 Å². The summed E-state index contributed by atoms with van der Waals surface area (Å²) in [5, 5.41) is 7.97. The van der Waals surface area contributed by atoms with Gasteiger partial charge in [0, 0.05) is 17.3 Å². The summed E-state index contributed by atoms with van der Waals surface area (Å²) >= 11 is 0. The molecule has 3 aromatic carbocycles. The van der Waals surface area contributed by atoms with Crippen molar-refractivity contribution in [1.29, 1.82) is 0 Å². The van der Waals surface area contributed by atoms with Crippen LogP contribution in [0.4, 0.5) is 11.5 Å². The molecule has 0 aliphatic carbocycles. The number of aromatic nitrogens is 1. The van der Waals surface area contributed by atoms with E-state index in [-0.39, 0.29) is 6.10 Å². The highest BCUT2D eigenvalue weighted by molar-refractivity contribution is 5.94. The van der Waals surface area contributed by atoms with Crippen molar-refractivity contribution in [2.45, 2.75) is 65.3 Å². The van der Waals surface area contributed by atoms with Gasteiger partial charge in [-0.3, -0.25) is 4.79 Å². The summed E-state index contributed by atoms with van der Waals surface area (Å²) in [6.45, 7) is 11.5. The minimum atomic E-state index is -1.03. The van der Waals surface area contributed by atoms with Gasteiger partial charge in [-0.2, -0.15) is 0 Å². The van der Waals surface area contributed by atoms with E-state index in [9.17, 15) is 9.59 Å². The van der Waals surface area contributed by atoms with E-state index in [0.29, 0.717) is 40.7 Å². The van der Waals surface area contributed by atoms with Crippen LogP contribution in [0.5, 0.6) is 11.5 Å². The summed E-state index contributed by atoms with van der Waals surface area (Å²) in [7, 11) is 0. The Morgan fingerprint density at radius 1 is 0.907 bits per heavy atom. The Morgan fingerprint density at radius 3 is 2.33 bits per heavy atom.